The number of aromatic nitrogens is 1. The predicted molar refractivity (Wildman–Crippen MR) is 76.0 cm³/mol. The van der Waals surface area contributed by atoms with Crippen molar-refractivity contribution < 1.29 is 4.39 Å². The molecule has 0 aliphatic carbocycles. The molecule has 2 rings (SSSR count). The van der Waals surface area contributed by atoms with E-state index in [2.05, 4.69) is 24.0 Å². The van der Waals surface area contributed by atoms with Crippen LogP contribution in [0.3, 0.4) is 0 Å². The molecule has 0 atom stereocenters. The number of hydrogen-bond acceptors (Lipinski definition) is 3. The molecule has 4 heteroatoms. The maximum absolute atomic E-state index is 13.2. The van der Waals surface area contributed by atoms with Gasteiger partial charge < -0.3 is 10.6 Å². The van der Waals surface area contributed by atoms with Crippen LogP contribution in [0.1, 0.15) is 18.1 Å². The van der Waals surface area contributed by atoms with Crippen LogP contribution in [0.5, 0.6) is 0 Å². The van der Waals surface area contributed by atoms with Crippen LogP contribution in [0.2, 0.25) is 0 Å². The molecule has 2 aromatic rings. The van der Waals surface area contributed by atoms with Gasteiger partial charge in [0.15, 0.2) is 0 Å². The van der Waals surface area contributed by atoms with Gasteiger partial charge in [-0.15, -0.1) is 0 Å². The zero-order valence-electron chi connectivity index (χ0n) is 11.2. The third-order valence-electron chi connectivity index (χ3n) is 3.18. The lowest BCUT2D eigenvalue weighted by atomic mass is 10.1. The van der Waals surface area contributed by atoms with E-state index < -0.39 is 0 Å². The third-order valence-corrected chi connectivity index (χ3v) is 3.18. The Kier molecular flexibility index (Phi) is 4.12. The molecule has 0 aliphatic rings. The Morgan fingerprint density at radius 2 is 1.95 bits per heavy atom. The maximum Gasteiger partial charge on any atom is 0.141 e. The summed E-state index contributed by atoms with van der Waals surface area (Å²) in [6.07, 6.45) is 2.22. The number of nitrogens with zero attached hydrogens (tertiary/aromatic N) is 2. The van der Waals surface area contributed by atoms with Crippen molar-refractivity contribution in [2.75, 3.05) is 11.9 Å². The number of benzene rings is 1. The van der Waals surface area contributed by atoms with Crippen LogP contribution in [-0.2, 0) is 13.0 Å². The van der Waals surface area contributed by atoms with Gasteiger partial charge in [0.25, 0.3) is 0 Å². The van der Waals surface area contributed by atoms with Gasteiger partial charge in [-0.3, -0.25) is 0 Å². The summed E-state index contributed by atoms with van der Waals surface area (Å²) in [7, 11) is 1.90. The Labute approximate surface area is 112 Å². The van der Waals surface area contributed by atoms with Crippen molar-refractivity contribution in [3.63, 3.8) is 0 Å². The molecule has 1 aromatic heterocycles. The normalized spacial score (nSPS) is 10.5. The van der Waals surface area contributed by atoms with Gasteiger partial charge in [0, 0.05) is 24.8 Å². The second-order valence-corrected chi connectivity index (χ2v) is 4.42. The van der Waals surface area contributed by atoms with Gasteiger partial charge in [-0.25, -0.2) is 9.37 Å². The van der Waals surface area contributed by atoms with Crippen molar-refractivity contribution in [3.05, 3.63) is 53.5 Å². The summed E-state index contributed by atoms with van der Waals surface area (Å²) in [6, 6.07) is 9.66. The smallest absolute Gasteiger partial charge is 0.141 e. The number of pyridine rings is 1. The minimum atomic E-state index is -0.362. The lowest BCUT2D eigenvalue weighted by Gasteiger charge is -2.21. The van der Waals surface area contributed by atoms with Crippen molar-refractivity contribution in [1.29, 1.82) is 0 Å². The molecule has 0 fully saturated rings. The first-order chi connectivity index (χ1) is 9.15. The Bertz CT molecular complexity index is 552. The van der Waals surface area contributed by atoms with Gasteiger partial charge in [-0.05, 0) is 30.2 Å². The second kappa shape index (κ2) is 5.80. The molecule has 0 amide bonds. The summed E-state index contributed by atoms with van der Waals surface area (Å²) in [5.41, 5.74) is 8.63. The third kappa shape index (κ3) is 2.90. The number of anilines is 2. The minimum Gasteiger partial charge on any atom is -0.329 e. The summed E-state index contributed by atoms with van der Waals surface area (Å²) in [5.74, 6) is 0.326. The zero-order chi connectivity index (χ0) is 13.8. The van der Waals surface area contributed by atoms with Crippen LogP contribution in [0.25, 0.3) is 0 Å². The van der Waals surface area contributed by atoms with E-state index in [0.29, 0.717) is 11.4 Å². The van der Waals surface area contributed by atoms with Crippen molar-refractivity contribution >= 4 is 11.5 Å². The summed E-state index contributed by atoms with van der Waals surface area (Å²) < 4.78 is 13.2. The summed E-state index contributed by atoms with van der Waals surface area (Å²) in [4.78, 5) is 6.06. The number of aryl methyl sites for hydroxylation is 1. The van der Waals surface area contributed by atoms with Gasteiger partial charge in [-0.1, -0.05) is 19.1 Å². The average Bonchev–Trinajstić information content (AvgIpc) is 2.46. The fraction of sp³-hybridized carbons (Fsp3) is 0.267. The van der Waals surface area contributed by atoms with Crippen LogP contribution < -0.4 is 10.6 Å². The topological polar surface area (TPSA) is 42.2 Å². The van der Waals surface area contributed by atoms with Crippen LogP contribution in [0.15, 0.2) is 36.5 Å². The van der Waals surface area contributed by atoms with Crippen LogP contribution >= 0.6 is 0 Å². The molecule has 0 unspecified atom stereocenters. The van der Waals surface area contributed by atoms with E-state index in [0.717, 1.165) is 12.1 Å². The second-order valence-electron chi connectivity index (χ2n) is 4.42. The maximum atomic E-state index is 13.2. The molecule has 3 nitrogen and oxygen atoms in total. The molecule has 0 saturated carbocycles. The highest BCUT2D eigenvalue weighted by Crippen LogP contribution is 2.25. The van der Waals surface area contributed by atoms with Crippen LogP contribution in [0, 0.1) is 5.82 Å². The molecule has 1 heterocycles. The molecular weight excluding hydrogens is 241 g/mol. The summed E-state index contributed by atoms with van der Waals surface area (Å²) >= 11 is 0. The molecule has 2 N–H and O–H groups in total. The van der Waals surface area contributed by atoms with E-state index >= 15 is 0 Å². The van der Waals surface area contributed by atoms with Crippen molar-refractivity contribution in [2.24, 2.45) is 5.73 Å². The Balaban J connectivity index is 2.34. The average molecular weight is 259 g/mol. The first-order valence-corrected chi connectivity index (χ1v) is 6.33. The van der Waals surface area contributed by atoms with E-state index in [1.807, 2.05) is 24.1 Å². The Hall–Kier alpha value is -1.94. The zero-order valence-corrected chi connectivity index (χ0v) is 11.2. The van der Waals surface area contributed by atoms with E-state index in [4.69, 9.17) is 5.73 Å². The molecule has 0 aliphatic heterocycles. The first-order valence-electron chi connectivity index (χ1n) is 6.33. The number of rotatable bonds is 4. The fourth-order valence-electron chi connectivity index (χ4n) is 2.00. The summed E-state index contributed by atoms with van der Waals surface area (Å²) in [6.45, 7) is 2.38. The molecule has 0 spiro atoms. The van der Waals surface area contributed by atoms with Gasteiger partial charge in [0.05, 0.1) is 6.20 Å². The fourth-order valence-corrected chi connectivity index (χ4v) is 2.00. The molecular formula is C15H18FN3. The molecule has 19 heavy (non-hydrogen) atoms. The molecule has 1 aromatic carbocycles. The van der Waals surface area contributed by atoms with Crippen molar-refractivity contribution in [3.8, 4) is 0 Å². The van der Waals surface area contributed by atoms with Crippen molar-refractivity contribution in [2.45, 2.75) is 19.9 Å². The van der Waals surface area contributed by atoms with Crippen LogP contribution in [0.4, 0.5) is 15.9 Å². The Morgan fingerprint density at radius 1 is 1.26 bits per heavy atom. The van der Waals surface area contributed by atoms with Crippen LogP contribution in [-0.4, -0.2) is 12.0 Å². The highest BCUT2D eigenvalue weighted by atomic mass is 19.1. The molecule has 0 bridgehead atoms. The number of hydrogen-bond donors (Lipinski definition) is 1. The van der Waals surface area contributed by atoms with E-state index in [1.54, 1.807) is 0 Å². The monoisotopic (exact) mass is 259 g/mol. The highest BCUT2D eigenvalue weighted by Gasteiger charge is 2.11. The number of halogens is 1. The molecule has 0 radical (unpaired) electrons. The van der Waals surface area contributed by atoms with Gasteiger partial charge in [0.1, 0.15) is 11.6 Å². The van der Waals surface area contributed by atoms with E-state index in [-0.39, 0.29) is 12.4 Å². The van der Waals surface area contributed by atoms with Gasteiger partial charge >= 0.3 is 0 Å². The van der Waals surface area contributed by atoms with Crippen molar-refractivity contribution in [1.82, 2.24) is 4.98 Å². The summed E-state index contributed by atoms with van der Waals surface area (Å²) in [5, 5.41) is 0. The SMILES string of the molecule is CCc1ccc(N(C)c2ncc(F)cc2CN)cc1. The van der Waals surface area contributed by atoms with Gasteiger partial charge in [-0.2, -0.15) is 0 Å². The highest BCUT2D eigenvalue weighted by molar-refractivity contribution is 5.62. The first kappa shape index (κ1) is 13.5. The Morgan fingerprint density at radius 3 is 2.53 bits per heavy atom. The number of nitrogens with two attached hydrogens (primary N) is 1. The van der Waals surface area contributed by atoms with E-state index in [9.17, 15) is 4.39 Å². The standard InChI is InChI=1S/C15H18FN3/c1-3-11-4-6-14(7-5-11)19(2)15-12(9-17)8-13(16)10-18-15/h4-8,10H,3,9,17H2,1-2H3. The quantitative estimate of drug-likeness (QED) is 0.917. The lowest BCUT2D eigenvalue weighted by Crippen LogP contribution is -2.15. The molecule has 100 valence electrons. The largest absolute Gasteiger partial charge is 0.329 e. The van der Waals surface area contributed by atoms with Gasteiger partial charge in [0.2, 0.25) is 0 Å². The van der Waals surface area contributed by atoms with E-state index in [1.165, 1.54) is 17.8 Å². The lowest BCUT2D eigenvalue weighted by molar-refractivity contribution is 0.618. The predicted octanol–water partition coefficient (Wildman–Crippen LogP) is 3.01. The minimum absolute atomic E-state index is 0.261. The molecule has 0 saturated heterocycles.